The lowest BCUT2D eigenvalue weighted by Gasteiger charge is -2.24. The minimum absolute atomic E-state index is 0.0382. The molecule has 0 saturated heterocycles. The van der Waals surface area contributed by atoms with Crippen LogP contribution in [0.4, 0.5) is 30.7 Å². The number of aliphatic hydroxyl groups is 1. The number of ketones is 1. The van der Waals surface area contributed by atoms with E-state index in [9.17, 15) is 31.9 Å². The second-order valence-corrected chi connectivity index (χ2v) is 14.1. The number of alkyl halides is 5. The monoisotopic (exact) mass is 711 g/mol. The van der Waals surface area contributed by atoms with Crippen molar-refractivity contribution in [3.63, 3.8) is 0 Å². The molecule has 7 rings (SSSR count). The Morgan fingerprint density at radius 2 is 1.88 bits per heavy atom. The molecule has 1 saturated carbocycles. The van der Waals surface area contributed by atoms with Gasteiger partial charge >= 0.3 is 6.18 Å². The van der Waals surface area contributed by atoms with E-state index in [2.05, 4.69) is 21.9 Å². The summed E-state index contributed by atoms with van der Waals surface area (Å²) in [4.78, 5) is 22.9. The average molecular weight is 712 g/mol. The first-order valence-electron chi connectivity index (χ1n) is 16.4. The van der Waals surface area contributed by atoms with Crippen LogP contribution in [0.3, 0.4) is 0 Å². The van der Waals surface area contributed by atoms with Crippen LogP contribution in [0.2, 0.25) is 0 Å². The summed E-state index contributed by atoms with van der Waals surface area (Å²) in [6.45, 7) is 2.55. The molecule has 2 unspecified atom stereocenters. The van der Waals surface area contributed by atoms with Crippen molar-refractivity contribution in [2.24, 2.45) is 28.5 Å². The predicted octanol–water partition coefficient (Wildman–Crippen LogP) is 6.45. The second-order valence-electron chi connectivity index (χ2n) is 14.1. The van der Waals surface area contributed by atoms with E-state index >= 15 is 8.78 Å². The van der Waals surface area contributed by atoms with Crippen LogP contribution in [0.5, 0.6) is 0 Å². The first-order chi connectivity index (χ1) is 23.9. The molecule has 5 atom stereocenters. The van der Waals surface area contributed by atoms with Crippen molar-refractivity contribution in [3.8, 4) is 11.8 Å². The Morgan fingerprint density at radius 1 is 1.16 bits per heavy atom. The van der Waals surface area contributed by atoms with Gasteiger partial charge in [-0.1, -0.05) is 24.1 Å². The number of amidine groups is 1. The lowest BCUT2D eigenvalue weighted by atomic mass is 9.82. The maximum absolute atomic E-state index is 15.3. The van der Waals surface area contributed by atoms with E-state index < -0.39 is 82.8 Å². The minimum atomic E-state index is -5.01. The van der Waals surface area contributed by atoms with Gasteiger partial charge in [0.25, 0.3) is 5.92 Å². The quantitative estimate of drug-likeness (QED) is 0.207. The number of rotatable bonds is 8. The van der Waals surface area contributed by atoms with E-state index in [0.29, 0.717) is 34.3 Å². The Hall–Kier alpha value is -4.77. The van der Waals surface area contributed by atoms with Gasteiger partial charge in [-0.15, -0.1) is 0 Å². The zero-order valence-electron chi connectivity index (χ0n) is 27.4. The van der Waals surface area contributed by atoms with Gasteiger partial charge in [0.05, 0.1) is 5.69 Å². The molecule has 51 heavy (non-hydrogen) atoms. The van der Waals surface area contributed by atoms with Crippen LogP contribution in [0.1, 0.15) is 78.0 Å². The maximum Gasteiger partial charge on any atom is 0.435 e. The van der Waals surface area contributed by atoms with E-state index in [1.54, 1.807) is 12.1 Å². The molecule has 266 valence electrons. The van der Waals surface area contributed by atoms with E-state index in [0.717, 1.165) is 12.1 Å². The summed E-state index contributed by atoms with van der Waals surface area (Å²) in [7, 11) is 0. The fourth-order valence-electron chi connectivity index (χ4n) is 7.39. The molecule has 3 aliphatic carbocycles. The third-order valence-corrected chi connectivity index (χ3v) is 9.69. The third-order valence-electron chi connectivity index (χ3n) is 9.69. The molecule has 1 aromatic carbocycles. The van der Waals surface area contributed by atoms with Crippen LogP contribution in [-0.4, -0.2) is 43.6 Å². The molecule has 3 aromatic rings. The first kappa shape index (κ1) is 34.7. The summed E-state index contributed by atoms with van der Waals surface area (Å²) in [6.07, 6.45) is -0.0513. The van der Waals surface area contributed by atoms with Crippen LogP contribution in [0, 0.1) is 41.2 Å². The number of Topliss-reactive ketones (excluding diaryl/α,β-unsaturated/α-hetero) is 1. The van der Waals surface area contributed by atoms with Crippen molar-refractivity contribution >= 4 is 17.2 Å². The Morgan fingerprint density at radius 3 is 2.57 bits per heavy atom. The number of fused-ring (bicyclic) bond motifs is 4. The van der Waals surface area contributed by atoms with Crippen molar-refractivity contribution < 1.29 is 40.6 Å². The molecule has 0 bridgehead atoms. The van der Waals surface area contributed by atoms with Crippen molar-refractivity contribution in [3.05, 3.63) is 99.7 Å². The van der Waals surface area contributed by atoms with Gasteiger partial charge in [-0.25, -0.2) is 13.8 Å². The molecule has 0 amide bonds. The summed E-state index contributed by atoms with van der Waals surface area (Å²) in [5.74, 6) is -3.62. The number of benzene rings is 1. The molecule has 0 spiro atoms. The summed E-state index contributed by atoms with van der Waals surface area (Å²) >= 11 is 0. The van der Waals surface area contributed by atoms with Crippen molar-refractivity contribution in [2.75, 3.05) is 6.54 Å². The highest BCUT2D eigenvalue weighted by Gasteiger charge is 2.68. The number of nitrogens with two attached hydrogens (primary N) is 1. The number of allylic oxidation sites excluding steroid dienone is 2. The van der Waals surface area contributed by atoms with Crippen LogP contribution >= 0.6 is 0 Å². The molecule has 3 heterocycles. The topological polar surface area (TPSA) is 106 Å². The minimum Gasteiger partial charge on any atom is -0.387 e. The maximum atomic E-state index is 15.3. The van der Waals surface area contributed by atoms with Gasteiger partial charge in [-0.05, 0) is 73.9 Å². The number of halogens is 7. The zero-order valence-corrected chi connectivity index (χ0v) is 27.4. The fraction of sp³-hybridized carbons (Fsp3) is 0.405. The number of carbonyl (C=O) groups is 1. The highest BCUT2D eigenvalue weighted by atomic mass is 19.4. The Balaban J connectivity index is 1.31. The van der Waals surface area contributed by atoms with Crippen LogP contribution in [-0.2, 0) is 29.9 Å². The molecule has 1 aliphatic heterocycles. The highest BCUT2D eigenvalue weighted by molar-refractivity contribution is 5.91. The summed E-state index contributed by atoms with van der Waals surface area (Å²) in [6, 6.07) is 6.15. The average Bonchev–Trinajstić information content (AvgIpc) is 3.54. The van der Waals surface area contributed by atoms with Gasteiger partial charge in [0.2, 0.25) is 0 Å². The molecule has 4 aliphatic rings. The highest BCUT2D eigenvalue weighted by Crippen LogP contribution is 2.68. The molecule has 7 nitrogen and oxygen atoms in total. The van der Waals surface area contributed by atoms with Gasteiger partial charge in [-0.2, -0.15) is 27.1 Å². The Kier molecular flexibility index (Phi) is 8.28. The van der Waals surface area contributed by atoms with Gasteiger partial charge in [0.1, 0.15) is 41.0 Å². The number of aliphatic imine (C=N–C) groups is 1. The van der Waals surface area contributed by atoms with E-state index in [1.165, 1.54) is 13.8 Å². The molecule has 2 aromatic heterocycles. The van der Waals surface area contributed by atoms with Gasteiger partial charge in [0.15, 0.2) is 11.5 Å². The lowest BCUT2D eigenvalue weighted by molar-refractivity contribution is -0.142. The van der Waals surface area contributed by atoms with Crippen LogP contribution < -0.4 is 5.73 Å². The van der Waals surface area contributed by atoms with Crippen LogP contribution in [0.15, 0.2) is 53.6 Å². The number of nitrogens with zero attached hydrogens (tertiary/aromatic N) is 4. The third kappa shape index (κ3) is 6.71. The molecule has 3 N–H and O–H groups in total. The summed E-state index contributed by atoms with van der Waals surface area (Å²) < 4.78 is 102. The first-order valence-corrected chi connectivity index (χ1v) is 16.4. The lowest BCUT2D eigenvalue weighted by Crippen LogP contribution is -2.25. The smallest absolute Gasteiger partial charge is 0.387 e. The SMILES string of the molecule is CC(C)(O)C#Cc1ccc(C2=CC3C(N)=NCC3C=C2)c([C@@H](CC(=O)Cn2nc(C(F)(F)F)c3c2C(F)(F)[C@@H]2C[C@H]32)Cc2cc(F)cc(F)c2)n1. The van der Waals surface area contributed by atoms with Crippen molar-refractivity contribution in [2.45, 2.75) is 69.2 Å². The summed E-state index contributed by atoms with van der Waals surface area (Å²) in [5.41, 5.74) is 3.65. The Labute approximate surface area is 288 Å². The van der Waals surface area contributed by atoms with Gasteiger partial charge < -0.3 is 10.8 Å². The fourth-order valence-corrected chi connectivity index (χ4v) is 7.39. The number of carbonyl (C=O) groups excluding carboxylic acids is 1. The van der Waals surface area contributed by atoms with E-state index in [1.807, 2.05) is 18.2 Å². The number of aromatic nitrogens is 3. The normalized spacial score (nSPS) is 23.4. The summed E-state index contributed by atoms with van der Waals surface area (Å²) in [5, 5.41) is 13.7. The van der Waals surface area contributed by atoms with Crippen LogP contribution in [0.25, 0.3) is 5.57 Å². The van der Waals surface area contributed by atoms with Crippen molar-refractivity contribution in [1.29, 1.82) is 0 Å². The molecule has 1 fully saturated rings. The molecule has 0 radical (unpaired) electrons. The van der Waals surface area contributed by atoms with Gasteiger partial charge in [-0.3, -0.25) is 14.5 Å². The molecular weight excluding hydrogens is 679 g/mol. The van der Waals surface area contributed by atoms with Crippen molar-refractivity contribution in [1.82, 2.24) is 14.8 Å². The van der Waals surface area contributed by atoms with Gasteiger partial charge in [0, 0.05) is 53.8 Å². The second kappa shape index (κ2) is 12.2. The number of hydrogen-bond acceptors (Lipinski definition) is 6. The van der Waals surface area contributed by atoms with E-state index in [4.69, 9.17) is 10.7 Å². The number of pyridine rings is 1. The standard InChI is InChI=1S/C37H32F7N5O2/c1-35(2,51)8-7-24-5-6-26(19-3-4-20-16-46-34(45)27(20)13-19)31(47-24)21(9-18-10-22(38)14-23(39)11-18)12-25(50)17-49-33-30(32(48-49)37(42,43)44)28-15-29(28)36(33,40)41/h3-6,10-11,13-14,20-21,27-29,51H,9,12,15-17H2,1-2H3,(H2,45,46)/t20?,21-,27?,28+,29-/m1/s1. The molecule has 14 heteroatoms. The van der Waals surface area contributed by atoms with E-state index in [-0.39, 0.29) is 41.6 Å². The zero-order chi connectivity index (χ0) is 36.6. The predicted molar refractivity (Wildman–Crippen MR) is 172 cm³/mol. The Bertz CT molecular complexity index is 2080. The molecular formula is C37H32F7N5O2. The number of hydrogen-bond donors (Lipinski definition) is 2. The largest absolute Gasteiger partial charge is 0.435 e.